The van der Waals surface area contributed by atoms with Crippen molar-refractivity contribution in [3.8, 4) is 11.5 Å². The number of carbonyl (C=O) groups excluding carboxylic acids is 1. The predicted molar refractivity (Wildman–Crippen MR) is 93.2 cm³/mol. The first-order valence-corrected chi connectivity index (χ1v) is 7.44. The smallest absolute Gasteiger partial charge is 0.244 e. The number of nitrogens with one attached hydrogen (secondary N) is 1. The van der Waals surface area contributed by atoms with Gasteiger partial charge in [-0.25, -0.2) is 5.43 Å². The second-order valence-electron chi connectivity index (χ2n) is 5.36. The molecule has 3 aromatic carbocycles. The number of amides is 1. The topological polar surface area (TPSA) is 81.9 Å². The summed E-state index contributed by atoms with van der Waals surface area (Å²) in [6, 6.07) is 17.5. The zero-order valence-corrected chi connectivity index (χ0v) is 12.8. The summed E-state index contributed by atoms with van der Waals surface area (Å²) >= 11 is 0. The second kappa shape index (κ2) is 6.83. The van der Waals surface area contributed by atoms with E-state index in [0.29, 0.717) is 11.1 Å². The summed E-state index contributed by atoms with van der Waals surface area (Å²) in [5, 5.41) is 25.1. The average Bonchev–Trinajstić information content (AvgIpc) is 2.57. The average molecular weight is 320 g/mol. The van der Waals surface area contributed by atoms with Crippen LogP contribution in [0.4, 0.5) is 0 Å². The molecule has 0 spiro atoms. The quantitative estimate of drug-likeness (QED) is 0.510. The van der Waals surface area contributed by atoms with Crippen LogP contribution in [0.3, 0.4) is 0 Å². The largest absolute Gasteiger partial charge is 0.508 e. The standard InChI is InChI=1S/C19H16N2O3/c22-15-6-3-4-13(10-15)11-19(24)21-20-12-17-16-7-2-1-5-14(16)8-9-18(17)23/h1-10,12,22-23H,11H2,(H,21,24). The summed E-state index contributed by atoms with van der Waals surface area (Å²) in [6.07, 6.45) is 1.53. The highest BCUT2D eigenvalue weighted by atomic mass is 16.3. The van der Waals surface area contributed by atoms with Crippen molar-refractivity contribution in [3.63, 3.8) is 0 Å². The summed E-state index contributed by atoms with van der Waals surface area (Å²) in [5.41, 5.74) is 3.67. The first-order valence-electron chi connectivity index (χ1n) is 7.44. The minimum atomic E-state index is -0.309. The van der Waals surface area contributed by atoms with Crippen LogP contribution in [-0.4, -0.2) is 22.3 Å². The van der Waals surface area contributed by atoms with Gasteiger partial charge in [-0.15, -0.1) is 0 Å². The van der Waals surface area contributed by atoms with Crippen molar-refractivity contribution in [2.24, 2.45) is 5.10 Å². The van der Waals surface area contributed by atoms with Gasteiger partial charge in [0.05, 0.1) is 12.6 Å². The fourth-order valence-electron chi connectivity index (χ4n) is 2.48. The van der Waals surface area contributed by atoms with Gasteiger partial charge in [0.25, 0.3) is 0 Å². The molecule has 0 radical (unpaired) electrons. The van der Waals surface area contributed by atoms with E-state index >= 15 is 0 Å². The molecule has 3 rings (SSSR count). The number of aromatic hydroxyl groups is 2. The normalized spacial score (nSPS) is 11.0. The van der Waals surface area contributed by atoms with E-state index in [2.05, 4.69) is 10.5 Å². The Morgan fingerprint density at radius 1 is 1.04 bits per heavy atom. The third-order valence-corrected chi connectivity index (χ3v) is 3.61. The number of nitrogens with zero attached hydrogens (tertiary/aromatic N) is 1. The number of rotatable bonds is 4. The molecular weight excluding hydrogens is 304 g/mol. The lowest BCUT2D eigenvalue weighted by Gasteiger charge is -2.05. The van der Waals surface area contributed by atoms with Gasteiger partial charge in [-0.1, -0.05) is 42.5 Å². The summed E-state index contributed by atoms with van der Waals surface area (Å²) < 4.78 is 0. The molecule has 3 N–H and O–H groups in total. The number of phenolic OH excluding ortho intramolecular Hbond substituents is 2. The minimum absolute atomic E-state index is 0.0969. The summed E-state index contributed by atoms with van der Waals surface area (Å²) in [6.45, 7) is 0. The van der Waals surface area contributed by atoms with E-state index in [4.69, 9.17) is 0 Å². The molecule has 0 aliphatic carbocycles. The first-order chi connectivity index (χ1) is 11.6. The molecule has 0 unspecified atom stereocenters. The number of hydrogen-bond donors (Lipinski definition) is 3. The van der Waals surface area contributed by atoms with Gasteiger partial charge in [-0.05, 0) is 34.5 Å². The van der Waals surface area contributed by atoms with Gasteiger partial charge < -0.3 is 10.2 Å². The fraction of sp³-hybridized carbons (Fsp3) is 0.0526. The first kappa shape index (κ1) is 15.6. The van der Waals surface area contributed by atoms with Gasteiger partial charge in [0.15, 0.2) is 0 Å². The molecule has 0 saturated heterocycles. The predicted octanol–water partition coefficient (Wildman–Crippen LogP) is 2.94. The van der Waals surface area contributed by atoms with E-state index in [1.807, 2.05) is 30.3 Å². The van der Waals surface area contributed by atoms with Crippen LogP contribution >= 0.6 is 0 Å². The van der Waals surface area contributed by atoms with Crippen molar-refractivity contribution in [3.05, 3.63) is 71.8 Å². The van der Waals surface area contributed by atoms with Crippen LogP contribution in [0.2, 0.25) is 0 Å². The van der Waals surface area contributed by atoms with Crippen molar-refractivity contribution in [2.75, 3.05) is 0 Å². The monoisotopic (exact) mass is 320 g/mol. The molecule has 0 heterocycles. The van der Waals surface area contributed by atoms with Gasteiger partial charge in [-0.3, -0.25) is 4.79 Å². The van der Waals surface area contributed by atoms with Crippen molar-refractivity contribution in [2.45, 2.75) is 6.42 Å². The van der Waals surface area contributed by atoms with E-state index in [1.54, 1.807) is 24.3 Å². The Kier molecular flexibility index (Phi) is 4.43. The number of phenols is 2. The molecule has 0 saturated carbocycles. The van der Waals surface area contributed by atoms with Crippen LogP contribution in [-0.2, 0) is 11.2 Å². The molecule has 5 nitrogen and oxygen atoms in total. The van der Waals surface area contributed by atoms with E-state index in [0.717, 1.165) is 10.8 Å². The molecule has 1 amide bonds. The summed E-state index contributed by atoms with van der Waals surface area (Å²) in [5.74, 6) is -0.0965. The Labute approximate surface area is 138 Å². The van der Waals surface area contributed by atoms with Crippen molar-refractivity contribution in [1.29, 1.82) is 0 Å². The van der Waals surface area contributed by atoms with Crippen LogP contribution in [0.25, 0.3) is 10.8 Å². The zero-order chi connectivity index (χ0) is 16.9. The Bertz CT molecular complexity index is 919. The summed E-state index contributed by atoms with van der Waals surface area (Å²) in [4.78, 5) is 11.9. The van der Waals surface area contributed by atoms with Crippen molar-refractivity contribution < 1.29 is 15.0 Å². The maximum absolute atomic E-state index is 11.9. The SMILES string of the molecule is O=C(Cc1cccc(O)c1)NN=Cc1c(O)ccc2ccccc12. The Balaban J connectivity index is 1.72. The van der Waals surface area contributed by atoms with Gasteiger partial charge in [-0.2, -0.15) is 5.10 Å². The van der Waals surface area contributed by atoms with E-state index in [9.17, 15) is 15.0 Å². The number of hydrazone groups is 1. The van der Waals surface area contributed by atoms with Crippen LogP contribution in [0.1, 0.15) is 11.1 Å². The number of carbonyl (C=O) groups is 1. The fourth-order valence-corrected chi connectivity index (χ4v) is 2.48. The van der Waals surface area contributed by atoms with Crippen molar-refractivity contribution in [1.82, 2.24) is 5.43 Å². The third kappa shape index (κ3) is 3.52. The number of benzene rings is 3. The van der Waals surface area contributed by atoms with Gasteiger partial charge in [0, 0.05) is 5.56 Å². The van der Waals surface area contributed by atoms with Gasteiger partial charge in [0.1, 0.15) is 11.5 Å². The lowest BCUT2D eigenvalue weighted by Crippen LogP contribution is -2.19. The molecule has 0 bridgehead atoms. The van der Waals surface area contributed by atoms with E-state index in [-0.39, 0.29) is 23.8 Å². The lowest BCUT2D eigenvalue weighted by molar-refractivity contribution is -0.120. The maximum Gasteiger partial charge on any atom is 0.244 e. The van der Waals surface area contributed by atoms with Gasteiger partial charge in [0.2, 0.25) is 5.91 Å². The van der Waals surface area contributed by atoms with Crippen LogP contribution in [0.5, 0.6) is 11.5 Å². The van der Waals surface area contributed by atoms with Crippen molar-refractivity contribution >= 4 is 22.9 Å². The zero-order valence-electron chi connectivity index (χ0n) is 12.8. The molecule has 120 valence electrons. The number of fused-ring (bicyclic) bond motifs is 1. The molecule has 5 heteroatoms. The number of hydrogen-bond acceptors (Lipinski definition) is 4. The van der Waals surface area contributed by atoms with E-state index in [1.165, 1.54) is 12.3 Å². The highest BCUT2D eigenvalue weighted by molar-refractivity contribution is 6.02. The second-order valence-corrected chi connectivity index (χ2v) is 5.36. The molecule has 0 aromatic heterocycles. The Morgan fingerprint density at radius 3 is 2.71 bits per heavy atom. The maximum atomic E-state index is 11.9. The molecule has 24 heavy (non-hydrogen) atoms. The Morgan fingerprint density at radius 2 is 1.88 bits per heavy atom. The van der Waals surface area contributed by atoms with E-state index < -0.39 is 0 Å². The highest BCUT2D eigenvalue weighted by Crippen LogP contribution is 2.25. The molecule has 0 atom stereocenters. The molecular formula is C19H16N2O3. The molecule has 0 aliphatic rings. The van der Waals surface area contributed by atoms with Crippen LogP contribution in [0.15, 0.2) is 65.8 Å². The molecule has 0 fully saturated rings. The summed E-state index contributed by atoms with van der Waals surface area (Å²) in [7, 11) is 0. The van der Waals surface area contributed by atoms with Crippen LogP contribution < -0.4 is 5.43 Å². The Hall–Kier alpha value is -3.34. The lowest BCUT2D eigenvalue weighted by atomic mass is 10.0. The van der Waals surface area contributed by atoms with Crippen LogP contribution in [0, 0.1) is 0 Å². The third-order valence-electron chi connectivity index (χ3n) is 3.61. The van der Waals surface area contributed by atoms with Gasteiger partial charge >= 0.3 is 0 Å². The highest BCUT2D eigenvalue weighted by Gasteiger charge is 2.05. The molecule has 3 aromatic rings. The molecule has 0 aliphatic heterocycles. The minimum Gasteiger partial charge on any atom is -0.508 e.